The van der Waals surface area contributed by atoms with Gasteiger partial charge >= 0.3 is 0 Å². The van der Waals surface area contributed by atoms with Crippen LogP contribution in [0.15, 0.2) is 11.7 Å². The first kappa shape index (κ1) is 10.9. The minimum absolute atomic E-state index is 0.612. The molecule has 0 aliphatic carbocycles. The van der Waals surface area contributed by atoms with E-state index in [1.807, 2.05) is 0 Å². The molecule has 1 N–H and O–H groups in total. The van der Waals surface area contributed by atoms with Gasteiger partial charge in [0.25, 0.3) is 0 Å². The Bertz CT molecular complexity index is 519. The maximum absolute atomic E-state index is 5.37. The van der Waals surface area contributed by atoms with E-state index < -0.39 is 0 Å². The summed E-state index contributed by atoms with van der Waals surface area (Å²) >= 11 is 1.70. The summed E-state index contributed by atoms with van der Waals surface area (Å²) in [5, 5.41) is 5.55. The summed E-state index contributed by atoms with van der Waals surface area (Å²) in [4.78, 5) is 8.64. The fourth-order valence-electron chi connectivity index (χ4n) is 2.08. The van der Waals surface area contributed by atoms with Gasteiger partial charge in [0.15, 0.2) is 0 Å². The van der Waals surface area contributed by atoms with Crippen LogP contribution in [0, 0.1) is 12.8 Å². The van der Waals surface area contributed by atoms with E-state index in [1.54, 1.807) is 17.7 Å². The van der Waals surface area contributed by atoms with E-state index in [9.17, 15) is 0 Å². The van der Waals surface area contributed by atoms with Crippen molar-refractivity contribution in [1.82, 2.24) is 9.97 Å². The number of nitrogens with one attached hydrogen (secondary N) is 1. The number of ether oxygens (including phenoxy) is 1. The lowest BCUT2D eigenvalue weighted by Gasteiger charge is -2.10. The largest absolute Gasteiger partial charge is 0.381 e. The monoisotopic (exact) mass is 249 g/mol. The summed E-state index contributed by atoms with van der Waals surface area (Å²) in [5.41, 5.74) is 2.29. The molecule has 0 saturated carbocycles. The van der Waals surface area contributed by atoms with Crippen LogP contribution in [0.4, 0.5) is 5.82 Å². The zero-order chi connectivity index (χ0) is 11.7. The minimum Gasteiger partial charge on any atom is -0.381 e. The van der Waals surface area contributed by atoms with Crippen molar-refractivity contribution in [2.45, 2.75) is 13.3 Å². The van der Waals surface area contributed by atoms with Gasteiger partial charge in [-0.1, -0.05) is 0 Å². The first-order chi connectivity index (χ1) is 8.34. The van der Waals surface area contributed by atoms with E-state index in [0.717, 1.165) is 42.2 Å². The SMILES string of the molecule is Cc1csc2c(NCC3CCOC3)ncnc12. The summed E-state index contributed by atoms with van der Waals surface area (Å²) in [7, 11) is 0. The smallest absolute Gasteiger partial charge is 0.147 e. The van der Waals surface area contributed by atoms with E-state index in [-0.39, 0.29) is 0 Å². The van der Waals surface area contributed by atoms with Crippen molar-refractivity contribution in [3.8, 4) is 0 Å². The molecule has 2 aromatic rings. The first-order valence-electron chi connectivity index (χ1n) is 5.85. The predicted octanol–water partition coefficient (Wildman–Crippen LogP) is 2.45. The third kappa shape index (κ3) is 2.12. The average molecular weight is 249 g/mol. The van der Waals surface area contributed by atoms with Crippen molar-refractivity contribution in [3.05, 3.63) is 17.3 Å². The molecule has 4 nitrogen and oxygen atoms in total. The highest BCUT2D eigenvalue weighted by atomic mass is 32.1. The zero-order valence-electron chi connectivity index (χ0n) is 9.77. The van der Waals surface area contributed by atoms with Crippen LogP contribution in [0.1, 0.15) is 12.0 Å². The second-order valence-corrected chi connectivity index (χ2v) is 5.31. The molecule has 1 unspecified atom stereocenters. The molecule has 0 bridgehead atoms. The number of anilines is 1. The van der Waals surface area contributed by atoms with Crippen LogP contribution in [0.2, 0.25) is 0 Å². The maximum Gasteiger partial charge on any atom is 0.147 e. The topological polar surface area (TPSA) is 47.0 Å². The molecule has 3 rings (SSSR count). The van der Waals surface area contributed by atoms with Crippen molar-refractivity contribution >= 4 is 27.4 Å². The van der Waals surface area contributed by atoms with Gasteiger partial charge in [0.1, 0.15) is 12.1 Å². The van der Waals surface area contributed by atoms with Gasteiger partial charge < -0.3 is 10.1 Å². The van der Waals surface area contributed by atoms with Gasteiger partial charge in [-0.2, -0.15) is 0 Å². The standard InChI is InChI=1S/C12H15N3OS/c1-8-6-17-11-10(8)14-7-15-12(11)13-4-9-2-3-16-5-9/h6-7,9H,2-5H2,1H3,(H,13,14,15). The molecule has 0 aromatic carbocycles. The molecule has 0 spiro atoms. The molecule has 90 valence electrons. The van der Waals surface area contributed by atoms with Crippen LogP contribution in [0.5, 0.6) is 0 Å². The van der Waals surface area contributed by atoms with Crippen molar-refractivity contribution in [1.29, 1.82) is 0 Å². The Morgan fingerprint density at radius 2 is 2.47 bits per heavy atom. The van der Waals surface area contributed by atoms with Gasteiger partial charge in [0, 0.05) is 19.1 Å². The first-order valence-corrected chi connectivity index (χ1v) is 6.73. The Balaban J connectivity index is 1.79. The van der Waals surface area contributed by atoms with Crippen molar-refractivity contribution in [3.63, 3.8) is 0 Å². The summed E-state index contributed by atoms with van der Waals surface area (Å²) in [5.74, 6) is 1.57. The lowest BCUT2D eigenvalue weighted by Crippen LogP contribution is -2.14. The van der Waals surface area contributed by atoms with Crippen LogP contribution >= 0.6 is 11.3 Å². The van der Waals surface area contributed by atoms with Crippen LogP contribution in [0.25, 0.3) is 10.2 Å². The Labute approximate surface area is 104 Å². The molecular formula is C12H15N3OS. The second-order valence-electron chi connectivity index (χ2n) is 4.43. The van der Waals surface area contributed by atoms with Gasteiger partial charge in [-0.15, -0.1) is 11.3 Å². The fraction of sp³-hybridized carbons (Fsp3) is 0.500. The predicted molar refractivity (Wildman–Crippen MR) is 69.6 cm³/mol. The highest BCUT2D eigenvalue weighted by molar-refractivity contribution is 7.18. The van der Waals surface area contributed by atoms with Gasteiger partial charge in [-0.05, 0) is 24.3 Å². The number of rotatable bonds is 3. The molecule has 2 aromatic heterocycles. The van der Waals surface area contributed by atoms with E-state index in [0.29, 0.717) is 5.92 Å². The molecule has 0 radical (unpaired) electrons. The van der Waals surface area contributed by atoms with Gasteiger partial charge in [0.05, 0.1) is 16.8 Å². The molecule has 1 atom stereocenters. The highest BCUT2D eigenvalue weighted by Crippen LogP contribution is 2.28. The van der Waals surface area contributed by atoms with Crippen LogP contribution in [-0.2, 0) is 4.74 Å². The lowest BCUT2D eigenvalue weighted by atomic mass is 10.1. The number of hydrogen-bond acceptors (Lipinski definition) is 5. The molecule has 5 heteroatoms. The fourth-order valence-corrected chi connectivity index (χ4v) is 3.05. The van der Waals surface area contributed by atoms with Crippen LogP contribution in [-0.4, -0.2) is 29.7 Å². The maximum atomic E-state index is 5.37. The van der Waals surface area contributed by atoms with E-state index >= 15 is 0 Å². The van der Waals surface area contributed by atoms with E-state index in [2.05, 4.69) is 27.6 Å². The van der Waals surface area contributed by atoms with Crippen molar-refractivity contribution < 1.29 is 4.74 Å². The molecule has 1 aliphatic heterocycles. The molecular weight excluding hydrogens is 234 g/mol. The number of nitrogens with zero attached hydrogens (tertiary/aromatic N) is 2. The Morgan fingerprint density at radius 3 is 3.29 bits per heavy atom. The molecule has 1 fully saturated rings. The van der Waals surface area contributed by atoms with Crippen LogP contribution < -0.4 is 5.32 Å². The Morgan fingerprint density at radius 1 is 1.53 bits per heavy atom. The Kier molecular flexibility index (Phi) is 2.94. The van der Waals surface area contributed by atoms with Gasteiger partial charge in [-0.25, -0.2) is 9.97 Å². The van der Waals surface area contributed by atoms with E-state index in [4.69, 9.17) is 4.74 Å². The second kappa shape index (κ2) is 4.58. The molecule has 3 heterocycles. The highest BCUT2D eigenvalue weighted by Gasteiger charge is 2.16. The zero-order valence-corrected chi connectivity index (χ0v) is 10.6. The summed E-state index contributed by atoms with van der Waals surface area (Å²) in [6.07, 6.45) is 2.78. The summed E-state index contributed by atoms with van der Waals surface area (Å²) < 4.78 is 6.52. The average Bonchev–Trinajstić information content (AvgIpc) is 2.97. The lowest BCUT2D eigenvalue weighted by molar-refractivity contribution is 0.187. The summed E-state index contributed by atoms with van der Waals surface area (Å²) in [6, 6.07) is 0. The molecule has 17 heavy (non-hydrogen) atoms. The van der Waals surface area contributed by atoms with Gasteiger partial charge in [-0.3, -0.25) is 0 Å². The minimum atomic E-state index is 0.612. The third-order valence-electron chi connectivity index (χ3n) is 3.11. The number of fused-ring (bicyclic) bond motifs is 1. The van der Waals surface area contributed by atoms with Crippen molar-refractivity contribution in [2.75, 3.05) is 25.1 Å². The molecule has 1 saturated heterocycles. The van der Waals surface area contributed by atoms with Crippen molar-refractivity contribution in [2.24, 2.45) is 5.92 Å². The Hall–Kier alpha value is -1.20. The number of aryl methyl sites for hydroxylation is 1. The summed E-state index contributed by atoms with van der Waals surface area (Å²) in [6.45, 7) is 4.78. The number of hydrogen-bond donors (Lipinski definition) is 1. The molecule has 0 amide bonds. The van der Waals surface area contributed by atoms with E-state index in [1.165, 1.54) is 5.56 Å². The van der Waals surface area contributed by atoms with Gasteiger partial charge in [0.2, 0.25) is 0 Å². The van der Waals surface area contributed by atoms with Crippen LogP contribution in [0.3, 0.4) is 0 Å². The molecule has 1 aliphatic rings. The number of aromatic nitrogens is 2. The normalized spacial score (nSPS) is 19.9. The third-order valence-corrected chi connectivity index (χ3v) is 4.21. The number of thiophene rings is 1. The quantitative estimate of drug-likeness (QED) is 0.907.